The molecule has 144 valence electrons. The maximum atomic E-state index is 12.2. The summed E-state index contributed by atoms with van der Waals surface area (Å²) in [5.41, 5.74) is 1.79. The number of aromatic amines is 1. The summed E-state index contributed by atoms with van der Waals surface area (Å²) in [6, 6.07) is 15.2. The van der Waals surface area contributed by atoms with Crippen LogP contribution in [-0.2, 0) is 4.79 Å². The molecule has 28 heavy (non-hydrogen) atoms. The van der Waals surface area contributed by atoms with Crippen LogP contribution in [0.25, 0.3) is 11.3 Å². The Hall–Kier alpha value is -3.68. The van der Waals surface area contributed by atoms with Crippen LogP contribution in [0.15, 0.2) is 60.8 Å². The smallest absolute Gasteiger partial charge is 0.273 e. The molecule has 0 fully saturated rings. The van der Waals surface area contributed by atoms with E-state index in [2.05, 4.69) is 15.3 Å². The highest BCUT2D eigenvalue weighted by Gasteiger charge is 2.17. The first-order valence-corrected chi connectivity index (χ1v) is 8.83. The normalized spacial score (nSPS) is 11.6. The predicted molar refractivity (Wildman–Crippen MR) is 104 cm³/mol. The number of hydrogen-bond acceptors (Lipinski definition) is 5. The number of carbonyl (C=O) groups is 1. The van der Waals surface area contributed by atoms with E-state index >= 15 is 0 Å². The molecule has 8 nitrogen and oxygen atoms in total. The van der Waals surface area contributed by atoms with E-state index in [1.165, 1.54) is 18.2 Å². The lowest BCUT2D eigenvalue weighted by Crippen LogP contribution is -2.33. The van der Waals surface area contributed by atoms with Crippen molar-refractivity contribution in [1.29, 1.82) is 0 Å². The molecule has 0 saturated carbocycles. The van der Waals surface area contributed by atoms with E-state index in [4.69, 9.17) is 4.74 Å². The summed E-state index contributed by atoms with van der Waals surface area (Å²) in [4.78, 5) is 30.1. The Kier molecular flexibility index (Phi) is 6.01. The second-order valence-electron chi connectivity index (χ2n) is 6.12. The molecule has 1 atom stereocenters. The number of rotatable bonds is 8. The second-order valence-corrected chi connectivity index (χ2v) is 6.12. The lowest BCUT2D eigenvalue weighted by molar-refractivity contribution is -0.384. The van der Waals surface area contributed by atoms with Gasteiger partial charge < -0.3 is 15.0 Å². The molecule has 2 aromatic carbocycles. The van der Waals surface area contributed by atoms with Gasteiger partial charge in [-0.2, -0.15) is 0 Å². The predicted octanol–water partition coefficient (Wildman–Crippen LogP) is 3.63. The zero-order valence-electron chi connectivity index (χ0n) is 15.3. The minimum absolute atomic E-state index is 0.0895. The van der Waals surface area contributed by atoms with Crippen molar-refractivity contribution in [2.75, 3.05) is 6.61 Å². The van der Waals surface area contributed by atoms with E-state index in [1.54, 1.807) is 12.3 Å². The third kappa shape index (κ3) is 4.73. The Morgan fingerprint density at radius 1 is 1.25 bits per heavy atom. The number of carbonyl (C=O) groups excluding carboxylic acids is 1. The van der Waals surface area contributed by atoms with Gasteiger partial charge in [-0.15, -0.1) is 0 Å². The number of imidazole rings is 1. The standard InChI is InChI=1S/C20H20N4O4/c1-2-17(20-21-12-18(23-20)14-7-4-3-5-8-14)22-19(25)13-28-16-10-6-9-15(11-16)24(26)27/h3-12,17H,2,13H2,1H3,(H,21,23)(H,22,25). The fourth-order valence-electron chi connectivity index (χ4n) is 2.71. The van der Waals surface area contributed by atoms with Crippen molar-refractivity contribution < 1.29 is 14.5 Å². The van der Waals surface area contributed by atoms with E-state index in [1.807, 2.05) is 37.3 Å². The number of non-ortho nitro benzene ring substituents is 1. The van der Waals surface area contributed by atoms with Crippen LogP contribution < -0.4 is 10.1 Å². The average molecular weight is 380 g/mol. The Morgan fingerprint density at radius 2 is 2.04 bits per heavy atom. The first kappa shape index (κ1) is 19.1. The van der Waals surface area contributed by atoms with Gasteiger partial charge in [0.25, 0.3) is 11.6 Å². The third-order valence-electron chi connectivity index (χ3n) is 4.15. The minimum atomic E-state index is -0.513. The zero-order chi connectivity index (χ0) is 19.9. The van der Waals surface area contributed by atoms with E-state index in [0.29, 0.717) is 12.2 Å². The van der Waals surface area contributed by atoms with E-state index in [0.717, 1.165) is 11.3 Å². The maximum Gasteiger partial charge on any atom is 0.273 e. The highest BCUT2D eigenvalue weighted by Crippen LogP contribution is 2.21. The van der Waals surface area contributed by atoms with Crippen LogP contribution >= 0.6 is 0 Å². The van der Waals surface area contributed by atoms with Crippen molar-refractivity contribution in [2.24, 2.45) is 0 Å². The van der Waals surface area contributed by atoms with Gasteiger partial charge >= 0.3 is 0 Å². The molecule has 0 aliphatic heterocycles. The monoisotopic (exact) mass is 380 g/mol. The number of benzene rings is 2. The molecule has 1 aromatic heterocycles. The van der Waals surface area contributed by atoms with Crippen LogP contribution in [0, 0.1) is 10.1 Å². The second kappa shape index (κ2) is 8.81. The molecular weight excluding hydrogens is 360 g/mol. The molecule has 2 N–H and O–H groups in total. The molecule has 3 rings (SSSR count). The molecule has 0 aliphatic rings. The Labute approximate surface area is 161 Å². The topological polar surface area (TPSA) is 110 Å². The van der Waals surface area contributed by atoms with Gasteiger partial charge in [0.1, 0.15) is 11.6 Å². The Morgan fingerprint density at radius 3 is 2.75 bits per heavy atom. The van der Waals surface area contributed by atoms with Crippen molar-refractivity contribution in [3.8, 4) is 17.0 Å². The lowest BCUT2D eigenvalue weighted by Gasteiger charge is -2.15. The van der Waals surface area contributed by atoms with Crippen molar-refractivity contribution >= 4 is 11.6 Å². The fraction of sp³-hybridized carbons (Fsp3) is 0.200. The Bertz CT molecular complexity index is 956. The van der Waals surface area contributed by atoms with Crippen molar-refractivity contribution in [3.63, 3.8) is 0 Å². The zero-order valence-corrected chi connectivity index (χ0v) is 15.3. The quantitative estimate of drug-likeness (QED) is 0.458. The van der Waals surface area contributed by atoms with Gasteiger partial charge in [-0.1, -0.05) is 43.3 Å². The molecule has 0 spiro atoms. The summed E-state index contributed by atoms with van der Waals surface area (Å²) in [5, 5.41) is 13.7. The van der Waals surface area contributed by atoms with E-state index in [9.17, 15) is 14.9 Å². The summed E-state index contributed by atoms with van der Waals surface area (Å²) in [6.45, 7) is 1.70. The number of nitrogens with one attached hydrogen (secondary N) is 2. The molecular formula is C20H20N4O4. The SMILES string of the molecule is CCC(NC(=O)COc1cccc([N+](=O)[O-])c1)c1ncc(-c2ccccc2)[nH]1. The summed E-state index contributed by atoms with van der Waals surface area (Å²) in [6.07, 6.45) is 2.38. The third-order valence-corrected chi connectivity index (χ3v) is 4.15. The molecule has 0 radical (unpaired) electrons. The van der Waals surface area contributed by atoms with Gasteiger partial charge in [0.2, 0.25) is 0 Å². The fourth-order valence-corrected chi connectivity index (χ4v) is 2.71. The van der Waals surface area contributed by atoms with Crippen LogP contribution in [0.4, 0.5) is 5.69 Å². The summed E-state index contributed by atoms with van der Waals surface area (Å²) in [7, 11) is 0. The van der Waals surface area contributed by atoms with E-state index < -0.39 is 4.92 Å². The van der Waals surface area contributed by atoms with Crippen LogP contribution in [-0.4, -0.2) is 27.4 Å². The maximum absolute atomic E-state index is 12.2. The first-order chi connectivity index (χ1) is 13.6. The summed E-state index contributed by atoms with van der Waals surface area (Å²) >= 11 is 0. The number of hydrogen-bond donors (Lipinski definition) is 2. The molecule has 1 heterocycles. The van der Waals surface area contributed by atoms with Gasteiger partial charge in [0.15, 0.2) is 6.61 Å². The molecule has 0 saturated heterocycles. The average Bonchev–Trinajstić information content (AvgIpc) is 3.21. The number of ether oxygens (including phenoxy) is 1. The van der Waals surface area contributed by atoms with E-state index in [-0.39, 0.29) is 30.0 Å². The van der Waals surface area contributed by atoms with Gasteiger partial charge in [-0.25, -0.2) is 4.98 Å². The Balaban J connectivity index is 1.60. The van der Waals surface area contributed by atoms with Gasteiger partial charge in [-0.3, -0.25) is 14.9 Å². The number of nitrogens with zero attached hydrogens (tertiary/aromatic N) is 2. The highest BCUT2D eigenvalue weighted by molar-refractivity contribution is 5.78. The van der Waals surface area contributed by atoms with Crippen molar-refractivity contribution in [1.82, 2.24) is 15.3 Å². The number of nitro groups is 1. The van der Waals surface area contributed by atoms with Crippen molar-refractivity contribution in [2.45, 2.75) is 19.4 Å². The molecule has 0 bridgehead atoms. The molecule has 3 aromatic rings. The van der Waals surface area contributed by atoms with Crippen LogP contribution in [0.3, 0.4) is 0 Å². The van der Waals surface area contributed by atoms with Crippen molar-refractivity contribution in [3.05, 3.63) is 76.7 Å². The highest BCUT2D eigenvalue weighted by atomic mass is 16.6. The number of nitro benzene ring substituents is 1. The largest absolute Gasteiger partial charge is 0.484 e. The summed E-state index contributed by atoms with van der Waals surface area (Å²) < 4.78 is 5.37. The van der Waals surface area contributed by atoms with Crippen LogP contribution in [0.2, 0.25) is 0 Å². The molecule has 1 amide bonds. The first-order valence-electron chi connectivity index (χ1n) is 8.83. The summed E-state index contributed by atoms with van der Waals surface area (Å²) in [5.74, 6) is 0.586. The minimum Gasteiger partial charge on any atom is -0.484 e. The molecule has 1 unspecified atom stereocenters. The molecule has 8 heteroatoms. The van der Waals surface area contributed by atoms with Gasteiger partial charge in [0, 0.05) is 6.07 Å². The number of amides is 1. The lowest BCUT2D eigenvalue weighted by atomic mass is 10.2. The van der Waals surface area contributed by atoms with Crippen LogP contribution in [0.1, 0.15) is 25.2 Å². The van der Waals surface area contributed by atoms with Gasteiger partial charge in [0.05, 0.1) is 28.9 Å². The number of aromatic nitrogens is 2. The molecule has 0 aliphatic carbocycles. The number of H-pyrrole nitrogens is 1. The van der Waals surface area contributed by atoms with Gasteiger partial charge in [-0.05, 0) is 18.1 Å². The van der Waals surface area contributed by atoms with Crippen LogP contribution in [0.5, 0.6) is 5.75 Å².